The van der Waals surface area contributed by atoms with E-state index in [0.29, 0.717) is 18.8 Å². The van der Waals surface area contributed by atoms with Gasteiger partial charge in [-0.05, 0) is 37.5 Å². The Morgan fingerprint density at radius 2 is 2.00 bits per heavy atom. The summed E-state index contributed by atoms with van der Waals surface area (Å²) in [5.41, 5.74) is 2.73. The second-order valence-corrected chi connectivity index (χ2v) is 7.87. The summed E-state index contributed by atoms with van der Waals surface area (Å²) < 4.78 is 13.8. The van der Waals surface area contributed by atoms with Gasteiger partial charge < -0.3 is 18.7 Å². The highest BCUT2D eigenvalue weighted by Crippen LogP contribution is 2.30. The number of piperidine rings is 1. The summed E-state index contributed by atoms with van der Waals surface area (Å²) in [7, 11) is 2.04. The van der Waals surface area contributed by atoms with E-state index in [2.05, 4.69) is 28.1 Å². The molecule has 6 nitrogen and oxygen atoms in total. The topological polar surface area (TPSA) is 60.5 Å². The number of fused-ring (bicyclic) bond motifs is 2. The molecule has 0 bridgehead atoms. The molecule has 0 atom stereocenters. The van der Waals surface area contributed by atoms with E-state index >= 15 is 0 Å². The largest absolute Gasteiger partial charge is 0.490 e. The van der Waals surface area contributed by atoms with Crippen molar-refractivity contribution >= 4 is 16.8 Å². The fourth-order valence-corrected chi connectivity index (χ4v) is 4.44. The summed E-state index contributed by atoms with van der Waals surface area (Å²) in [5.74, 6) is 1.84. The zero-order chi connectivity index (χ0) is 19.1. The van der Waals surface area contributed by atoms with Gasteiger partial charge in [0, 0.05) is 56.5 Å². The summed E-state index contributed by atoms with van der Waals surface area (Å²) in [6.45, 7) is 1.38. The number of rotatable bonds is 3. The fraction of sp³-hybridized carbons (Fsp3) is 0.455. The number of ether oxygens (including phenoxy) is 1. The Kier molecular flexibility index (Phi) is 4.34. The first-order chi connectivity index (χ1) is 13.7. The number of hydrogen-bond acceptors (Lipinski definition) is 4. The zero-order valence-corrected chi connectivity index (χ0v) is 16.2. The Labute approximate surface area is 164 Å². The van der Waals surface area contributed by atoms with E-state index in [-0.39, 0.29) is 12.0 Å². The Morgan fingerprint density at radius 3 is 2.86 bits per heavy atom. The average Bonchev–Trinajstić information content (AvgIpc) is 3.33. The summed E-state index contributed by atoms with van der Waals surface area (Å²) >= 11 is 0. The monoisotopic (exact) mass is 379 g/mol. The van der Waals surface area contributed by atoms with E-state index in [1.54, 1.807) is 0 Å². The van der Waals surface area contributed by atoms with Gasteiger partial charge in [-0.1, -0.05) is 11.2 Å². The number of carbonyl (C=O) groups excluding carboxylic acids is 1. The Morgan fingerprint density at radius 1 is 1.18 bits per heavy atom. The van der Waals surface area contributed by atoms with Gasteiger partial charge >= 0.3 is 0 Å². The molecule has 146 valence electrons. The predicted molar refractivity (Wildman–Crippen MR) is 106 cm³/mol. The van der Waals surface area contributed by atoms with E-state index in [0.717, 1.165) is 61.0 Å². The van der Waals surface area contributed by atoms with Gasteiger partial charge in [0.2, 0.25) is 0 Å². The fourth-order valence-electron chi connectivity index (χ4n) is 4.44. The molecule has 1 fully saturated rings. The van der Waals surface area contributed by atoms with Crippen LogP contribution in [0.3, 0.4) is 0 Å². The number of benzene rings is 1. The molecule has 0 N–H and O–H groups in total. The van der Waals surface area contributed by atoms with Crippen LogP contribution in [0.5, 0.6) is 5.75 Å². The van der Waals surface area contributed by atoms with Gasteiger partial charge in [0.05, 0.1) is 5.52 Å². The second-order valence-electron chi connectivity index (χ2n) is 7.87. The third kappa shape index (κ3) is 2.97. The lowest BCUT2D eigenvalue weighted by molar-refractivity contribution is 0.0588. The van der Waals surface area contributed by atoms with Gasteiger partial charge in [-0.15, -0.1) is 0 Å². The number of likely N-dealkylation sites (tertiary alicyclic amines) is 1. The van der Waals surface area contributed by atoms with E-state index < -0.39 is 0 Å². The van der Waals surface area contributed by atoms with Crippen LogP contribution in [-0.4, -0.2) is 39.7 Å². The van der Waals surface area contributed by atoms with Crippen molar-refractivity contribution in [3.63, 3.8) is 0 Å². The molecule has 5 rings (SSSR count). The van der Waals surface area contributed by atoms with Gasteiger partial charge in [-0.2, -0.15) is 0 Å². The molecule has 1 aromatic carbocycles. The molecular weight excluding hydrogens is 354 g/mol. The van der Waals surface area contributed by atoms with E-state index in [9.17, 15) is 4.79 Å². The first-order valence-corrected chi connectivity index (χ1v) is 10.2. The molecule has 3 heterocycles. The predicted octanol–water partition coefficient (Wildman–Crippen LogP) is 3.73. The van der Waals surface area contributed by atoms with Gasteiger partial charge in [-0.25, -0.2) is 0 Å². The van der Waals surface area contributed by atoms with Crippen LogP contribution in [0.25, 0.3) is 10.9 Å². The van der Waals surface area contributed by atoms with Crippen molar-refractivity contribution in [3.05, 3.63) is 47.5 Å². The van der Waals surface area contributed by atoms with Crippen molar-refractivity contribution in [2.45, 2.75) is 44.6 Å². The quantitative estimate of drug-likeness (QED) is 0.696. The van der Waals surface area contributed by atoms with Gasteiger partial charge in [0.25, 0.3) is 5.91 Å². The van der Waals surface area contributed by atoms with Crippen molar-refractivity contribution < 1.29 is 14.1 Å². The van der Waals surface area contributed by atoms with Crippen LogP contribution in [0, 0.1) is 0 Å². The maximum atomic E-state index is 12.9. The number of aryl methyl sites for hydroxylation is 2. The van der Waals surface area contributed by atoms with Crippen LogP contribution in [0.2, 0.25) is 0 Å². The lowest BCUT2D eigenvalue weighted by atomic mass is 9.96. The molecule has 0 radical (unpaired) electrons. The number of amides is 1. The van der Waals surface area contributed by atoms with Crippen LogP contribution < -0.4 is 4.74 Å². The zero-order valence-electron chi connectivity index (χ0n) is 16.2. The highest BCUT2D eigenvalue weighted by atomic mass is 16.5. The lowest BCUT2D eigenvalue weighted by Crippen LogP contribution is -2.42. The van der Waals surface area contributed by atoms with Crippen LogP contribution in [0.1, 0.15) is 47.5 Å². The standard InChI is InChI=1S/C22H25N3O3/c1-24-12-11-16-18(24)6-4-8-19(16)27-15-9-13-25(14-10-15)22(26)21-17-5-2-3-7-20(17)28-23-21/h4,6,8,11-12,15H,2-3,5,7,9-10,13-14H2,1H3. The molecule has 0 unspecified atom stereocenters. The molecule has 0 spiro atoms. The molecule has 1 aliphatic heterocycles. The molecule has 2 aromatic heterocycles. The number of aromatic nitrogens is 2. The molecule has 1 amide bonds. The summed E-state index contributed by atoms with van der Waals surface area (Å²) in [4.78, 5) is 14.8. The van der Waals surface area contributed by atoms with Gasteiger partial charge in [-0.3, -0.25) is 4.79 Å². The van der Waals surface area contributed by atoms with Crippen LogP contribution in [0.4, 0.5) is 0 Å². The van der Waals surface area contributed by atoms with E-state index in [1.807, 2.05) is 24.1 Å². The minimum atomic E-state index is 0.00973. The maximum absolute atomic E-state index is 12.9. The molecular formula is C22H25N3O3. The molecule has 2 aliphatic rings. The lowest BCUT2D eigenvalue weighted by Gasteiger charge is -2.32. The van der Waals surface area contributed by atoms with Crippen molar-refractivity contribution in [3.8, 4) is 5.75 Å². The Hall–Kier alpha value is -2.76. The second kappa shape index (κ2) is 7.00. The third-order valence-corrected chi connectivity index (χ3v) is 6.06. The molecule has 0 saturated carbocycles. The molecule has 6 heteroatoms. The highest BCUT2D eigenvalue weighted by molar-refractivity contribution is 5.94. The molecule has 28 heavy (non-hydrogen) atoms. The number of carbonyl (C=O) groups is 1. The summed E-state index contributed by atoms with van der Waals surface area (Å²) in [6.07, 6.45) is 7.86. The van der Waals surface area contributed by atoms with E-state index in [4.69, 9.17) is 9.26 Å². The maximum Gasteiger partial charge on any atom is 0.276 e. The molecule has 3 aromatic rings. The van der Waals surface area contributed by atoms with Gasteiger partial charge in [0.15, 0.2) is 5.69 Å². The Balaban J connectivity index is 1.25. The van der Waals surface area contributed by atoms with Crippen LogP contribution >= 0.6 is 0 Å². The minimum absolute atomic E-state index is 0.00973. The number of hydrogen-bond donors (Lipinski definition) is 0. The van der Waals surface area contributed by atoms with Crippen molar-refractivity contribution in [2.75, 3.05) is 13.1 Å². The minimum Gasteiger partial charge on any atom is -0.490 e. The van der Waals surface area contributed by atoms with Crippen molar-refractivity contribution in [2.24, 2.45) is 7.05 Å². The average molecular weight is 379 g/mol. The van der Waals surface area contributed by atoms with Gasteiger partial charge in [0.1, 0.15) is 17.6 Å². The summed E-state index contributed by atoms with van der Waals surface area (Å²) in [6, 6.07) is 8.25. The van der Waals surface area contributed by atoms with Crippen molar-refractivity contribution in [1.82, 2.24) is 14.6 Å². The van der Waals surface area contributed by atoms with Crippen molar-refractivity contribution in [1.29, 1.82) is 0 Å². The molecule has 1 aliphatic carbocycles. The first kappa shape index (κ1) is 17.3. The number of nitrogens with zero attached hydrogens (tertiary/aromatic N) is 3. The Bertz CT molecular complexity index is 1010. The van der Waals surface area contributed by atoms with Crippen LogP contribution in [-0.2, 0) is 19.9 Å². The highest BCUT2D eigenvalue weighted by Gasteiger charge is 2.30. The normalized spacial score (nSPS) is 17.7. The molecule has 1 saturated heterocycles. The first-order valence-electron chi connectivity index (χ1n) is 10.2. The smallest absolute Gasteiger partial charge is 0.276 e. The summed E-state index contributed by atoms with van der Waals surface area (Å²) in [5, 5.41) is 5.23. The van der Waals surface area contributed by atoms with E-state index in [1.165, 1.54) is 5.52 Å². The SMILES string of the molecule is Cn1ccc2c(OC3CCN(C(=O)c4noc5c4CCCC5)CC3)cccc21. The third-order valence-electron chi connectivity index (χ3n) is 6.06. The van der Waals surface area contributed by atoms with Crippen LogP contribution in [0.15, 0.2) is 35.0 Å².